The van der Waals surface area contributed by atoms with Gasteiger partial charge in [0, 0.05) is 12.6 Å². The van der Waals surface area contributed by atoms with Crippen molar-refractivity contribution in [1.29, 1.82) is 0 Å². The van der Waals surface area contributed by atoms with E-state index < -0.39 is 17.7 Å². The predicted octanol–water partition coefficient (Wildman–Crippen LogP) is 3.32. The van der Waals surface area contributed by atoms with E-state index in [2.05, 4.69) is 0 Å². The van der Waals surface area contributed by atoms with E-state index in [0.717, 1.165) is 5.69 Å². The minimum Gasteiger partial charge on any atom is -0.507 e. The molecule has 8 nitrogen and oxygen atoms in total. The Morgan fingerprint density at radius 1 is 1.13 bits per heavy atom. The van der Waals surface area contributed by atoms with Crippen LogP contribution in [0.1, 0.15) is 23.1 Å². The van der Waals surface area contributed by atoms with Gasteiger partial charge < -0.3 is 28.5 Å². The summed E-state index contributed by atoms with van der Waals surface area (Å²) in [7, 11) is 1.93. The van der Waals surface area contributed by atoms with Crippen molar-refractivity contribution >= 4 is 23.1 Å². The van der Waals surface area contributed by atoms with Crippen LogP contribution in [0.3, 0.4) is 0 Å². The van der Waals surface area contributed by atoms with E-state index in [1.165, 1.54) is 17.4 Å². The summed E-state index contributed by atoms with van der Waals surface area (Å²) in [5, 5.41) is 11.2. The number of likely N-dealkylation sites (tertiary alicyclic amines) is 1. The van der Waals surface area contributed by atoms with Crippen LogP contribution in [0.15, 0.2) is 69.4 Å². The number of carbonyl (C=O) groups is 2. The van der Waals surface area contributed by atoms with Crippen LogP contribution in [0.4, 0.5) is 5.69 Å². The van der Waals surface area contributed by atoms with Crippen molar-refractivity contribution in [3.05, 3.63) is 77.6 Å². The van der Waals surface area contributed by atoms with Crippen LogP contribution in [0.2, 0.25) is 0 Å². The Morgan fingerprint density at radius 2 is 1.94 bits per heavy atom. The molecule has 4 heterocycles. The molecule has 8 heteroatoms. The Labute approximate surface area is 177 Å². The fraction of sp³-hybridized carbons (Fsp3) is 0.217. The molecule has 1 amide bonds. The molecule has 0 saturated carbocycles. The van der Waals surface area contributed by atoms with Gasteiger partial charge in [-0.3, -0.25) is 9.59 Å². The minimum atomic E-state index is -0.870. The van der Waals surface area contributed by atoms with Gasteiger partial charge in [-0.1, -0.05) is 0 Å². The van der Waals surface area contributed by atoms with E-state index in [0.29, 0.717) is 36.0 Å². The van der Waals surface area contributed by atoms with Crippen LogP contribution in [-0.4, -0.2) is 41.9 Å². The standard InChI is InChI=1S/C23H20N2O6/c1-24-8-11-31-17-7-6-14(12-16(17)24)21(26)19-20(18-5-3-10-30-18)25(23(28)22(19)27)13-15-4-2-9-29-15/h2-7,9-10,12,20,26H,8,11,13H2,1H3/b21-19-. The van der Waals surface area contributed by atoms with Crippen molar-refractivity contribution in [1.82, 2.24) is 4.90 Å². The molecule has 3 aromatic rings. The summed E-state index contributed by atoms with van der Waals surface area (Å²) in [6, 6.07) is 11.1. The molecule has 158 valence electrons. The zero-order valence-electron chi connectivity index (χ0n) is 16.8. The van der Waals surface area contributed by atoms with Crippen molar-refractivity contribution in [2.24, 2.45) is 0 Å². The summed E-state index contributed by atoms with van der Waals surface area (Å²) >= 11 is 0. The number of aliphatic hydroxyl groups is 1. The SMILES string of the molecule is CN1CCOc2ccc(/C(O)=C3/C(=O)C(=O)N(Cc4ccco4)C3c3ccco3)cc21. The third kappa shape index (κ3) is 3.16. The first-order valence-corrected chi connectivity index (χ1v) is 9.87. The number of ether oxygens (including phenoxy) is 1. The van der Waals surface area contributed by atoms with Crippen LogP contribution in [0.25, 0.3) is 5.76 Å². The molecule has 0 bridgehead atoms. The number of ketones is 1. The Bertz CT molecular complexity index is 1160. The van der Waals surface area contributed by atoms with E-state index in [4.69, 9.17) is 13.6 Å². The molecule has 1 aromatic carbocycles. The second kappa shape index (κ2) is 7.39. The number of amides is 1. The number of furan rings is 2. The maximum atomic E-state index is 13.0. The van der Waals surface area contributed by atoms with E-state index in [-0.39, 0.29) is 17.9 Å². The largest absolute Gasteiger partial charge is 0.507 e. The number of anilines is 1. The molecule has 2 aliphatic rings. The Hall–Kier alpha value is -3.94. The quantitative estimate of drug-likeness (QED) is 0.393. The van der Waals surface area contributed by atoms with Gasteiger partial charge in [-0.05, 0) is 42.5 Å². The first-order valence-electron chi connectivity index (χ1n) is 9.87. The van der Waals surface area contributed by atoms with Gasteiger partial charge in [0.15, 0.2) is 0 Å². The summed E-state index contributed by atoms with van der Waals surface area (Å²) < 4.78 is 16.6. The van der Waals surface area contributed by atoms with Gasteiger partial charge in [0.25, 0.3) is 11.7 Å². The fourth-order valence-electron chi connectivity index (χ4n) is 4.01. The summed E-state index contributed by atoms with van der Waals surface area (Å²) in [4.78, 5) is 29.2. The molecule has 1 atom stereocenters. The van der Waals surface area contributed by atoms with Crippen molar-refractivity contribution in [3.8, 4) is 5.75 Å². The van der Waals surface area contributed by atoms with Crippen molar-refractivity contribution in [3.63, 3.8) is 0 Å². The lowest BCUT2D eigenvalue weighted by molar-refractivity contribution is -0.140. The number of aliphatic hydroxyl groups excluding tert-OH is 1. The van der Waals surface area contributed by atoms with Crippen molar-refractivity contribution in [2.45, 2.75) is 12.6 Å². The van der Waals surface area contributed by atoms with E-state index in [9.17, 15) is 14.7 Å². The number of hydrogen-bond donors (Lipinski definition) is 1. The molecule has 1 N–H and O–H groups in total. The summed E-state index contributed by atoms with van der Waals surface area (Å²) in [6.07, 6.45) is 2.97. The molecule has 1 fully saturated rings. The topological polar surface area (TPSA) is 96.4 Å². The monoisotopic (exact) mass is 420 g/mol. The van der Waals surface area contributed by atoms with Gasteiger partial charge in [0.2, 0.25) is 0 Å². The van der Waals surface area contributed by atoms with Gasteiger partial charge in [-0.25, -0.2) is 0 Å². The first-order chi connectivity index (χ1) is 15.0. The molecular weight excluding hydrogens is 400 g/mol. The lowest BCUT2D eigenvalue weighted by Crippen LogP contribution is -2.29. The Kier molecular flexibility index (Phi) is 4.54. The number of fused-ring (bicyclic) bond motifs is 1. The molecule has 1 unspecified atom stereocenters. The van der Waals surface area contributed by atoms with Gasteiger partial charge >= 0.3 is 0 Å². The Morgan fingerprint density at radius 3 is 2.68 bits per heavy atom. The number of carbonyl (C=O) groups excluding carboxylic acids is 2. The van der Waals surface area contributed by atoms with E-state index in [1.807, 2.05) is 11.9 Å². The molecular formula is C23H20N2O6. The van der Waals surface area contributed by atoms with Crippen molar-refractivity contribution in [2.75, 3.05) is 25.1 Å². The lowest BCUT2D eigenvalue weighted by Gasteiger charge is -2.28. The van der Waals surface area contributed by atoms with Crippen LogP contribution < -0.4 is 9.64 Å². The number of likely N-dealkylation sites (N-methyl/N-ethyl adjacent to an activating group) is 1. The minimum absolute atomic E-state index is 0.0224. The summed E-state index contributed by atoms with van der Waals surface area (Å²) in [5.41, 5.74) is 1.20. The summed E-state index contributed by atoms with van der Waals surface area (Å²) in [5.74, 6) is -0.156. The highest BCUT2D eigenvalue weighted by Gasteiger charge is 2.47. The number of benzene rings is 1. The maximum absolute atomic E-state index is 13.0. The average Bonchev–Trinajstić information content (AvgIpc) is 3.52. The number of hydrogen-bond acceptors (Lipinski definition) is 7. The average molecular weight is 420 g/mol. The highest BCUT2D eigenvalue weighted by Crippen LogP contribution is 2.41. The van der Waals surface area contributed by atoms with Gasteiger partial charge in [-0.15, -0.1) is 0 Å². The normalized spacial score (nSPS) is 20.1. The number of Topliss-reactive ketones (excluding diaryl/α,β-unsaturated/α-hetero) is 1. The third-order valence-electron chi connectivity index (χ3n) is 5.59. The number of rotatable bonds is 4. The molecule has 5 rings (SSSR count). The van der Waals surface area contributed by atoms with E-state index >= 15 is 0 Å². The van der Waals surface area contributed by atoms with Crippen molar-refractivity contribution < 1.29 is 28.3 Å². The first kappa shape index (κ1) is 19.0. The zero-order chi connectivity index (χ0) is 21.5. The highest BCUT2D eigenvalue weighted by atomic mass is 16.5. The fourth-order valence-corrected chi connectivity index (χ4v) is 4.01. The smallest absolute Gasteiger partial charge is 0.296 e. The van der Waals surface area contributed by atoms with Gasteiger partial charge in [-0.2, -0.15) is 0 Å². The molecule has 0 aliphatic carbocycles. The number of nitrogens with zero attached hydrogens (tertiary/aromatic N) is 2. The maximum Gasteiger partial charge on any atom is 0.296 e. The molecule has 1 saturated heterocycles. The Balaban J connectivity index is 1.62. The molecule has 0 radical (unpaired) electrons. The molecule has 2 aromatic heterocycles. The second-order valence-corrected chi connectivity index (χ2v) is 7.47. The molecule has 31 heavy (non-hydrogen) atoms. The van der Waals surface area contributed by atoms with Crippen LogP contribution >= 0.6 is 0 Å². The molecule has 2 aliphatic heterocycles. The van der Waals surface area contributed by atoms with Crippen LogP contribution in [-0.2, 0) is 16.1 Å². The second-order valence-electron chi connectivity index (χ2n) is 7.47. The third-order valence-corrected chi connectivity index (χ3v) is 5.59. The van der Waals surface area contributed by atoms with Crippen LogP contribution in [0, 0.1) is 0 Å². The van der Waals surface area contributed by atoms with Gasteiger partial charge in [0.1, 0.15) is 35.7 Å². The zero-order valence-corrected chi connectivity index (χ0v) is 16.8. The molecule has 0 spiro atoms. The summed E-state index contributed by atoms with van der Waals surface area (Å²) in [6.45, 7) is 1.35. The predicted molar refractivity (Wildman–Crippen MR) is 110 cm³/mol. The highest BCUT2D eigenvalue weighted by molar-refractivity contribution is 6.46. The lowest BCUT2D eigenvalue weighted by atomic mass is 9.98. The van der Waals surface area contributed by atoms with Gasteiger partial charge in [0.05, 0.1) is 36.9 Å². The van der Waals surface area contributed by atoms with E-state index in [1.54, 1.807) is 42.5 Å². The van der Waals surface area contributed by atoms with Crippen LogP contribution in [0.5, 0.6) is 5.75 Å².